The summed E-state index contributed by atoms with van der Waals surface area (Å²) in [6, 6.07) is 16.3. The fourth-order valence-corrected chi connectivity index (χ4v) is 5.54. The number of anilines is 2. The van der Waals surface area contributed by atoms with Gasteiger partial charge in [0.1, 0.15) is 0 Å². The van der Waals surface area contributed by atoms with Gasteiger partial charge in [-0.3, -0.25) is 4.79 Å². The molecule has 5 nitrogen and oxygen atoms in total. The van der Waals surface area contributed by atoms with Gasteiger partial charge in [0.2, 0.25) is 6.35 Å². The van der Waals surface area contributed by atoms with Gasteiger partial charge < -0.3 is 20.4 Å². The summed E-state index contributed by atoms with van der Waals surface area (Å²) in [5, 5.41) is 23.0. The maximum Gasteiger partial charge on any atom is 0.303 e. The number of para-hydroxylation sites is 1. The molecule has 2 aliphatic rings. The zero-order valence-electron chi connectivity index (χ0n) is 20.9. The van der Waals surface area contributed by atoms with Gasteiger partial charge in [-0.25, -0.2) is 0 Å². The second-order valence-electron chi connectivity index (χ2n) is 9.93. The average Bonchev–Trinajstić information content (AvgIpc) is 3.29. The number of hydrogen-bond acceptors (Lipinski definition) is 4. The summed E-state index contributed by atoms with van der Waals surface area (Å²) in [4.78, 5) is 13.0. The summed E-state index contributed by atoms with van der Waals surface area (Å²) in [6.45, 7) is 5.16. The van der Waals surface area contributed by atoms with Crippen molar-refractivity contribution >= 4 is 22.9 Å². The molecule has 1 atom stereocenters. The van der Waals surface area contributed by atoms with Crippen LogP contribution in [-0.4, -0.2) is 29.1 Å². The lowest BCUT2D eigenvalue weighted by atomic mass is 9.76. The Labute approximate surface area is 209 Å². The van der Waals surface area contributed by atoms with E-state index in [0.29, 0.717) is 18.3 Å². The van der Waals surface area contributed by atoms with Gasteiger partial charge in [0.15, 0.2) is 0 Å². The molecule has 0 aromatic heterocycles. The van der Waals surface area contributed by atoms with Crippen LogP contribution in [0.4, 0.5) is 11.4 Å². The summed E-state index contributed by atoms with van der Waals surface area (Å²) in [5.41, 5.74) is 7.17. The van der Waals surface area contributed by atoms with E-state index in [-0.39, 0.29) is 0 Å². The summed E-state index contributed by atoms with van der Waals surface area (Å²) < 4.78 is 0. The molecule has 0 saturated heterocycles. The van der Waals surface area contributed by atoms with Gasteiger partial charge in [-0.2, -0.15) is 0 Å². The molecule has 1 saturated carbocycles. The van der Waals surface area contributed by atoms with Gasteiger partial charge >= 0.3 is 5.97 Å². The van der Waals surface area contributed by atoms with Gasteiger partial charge in [-0.15, -0.1) is 0 Å². The molecule has 1 unspecified atom stereocenters. The zero-order valence-corrected chi connectivity index (χ0v) is 20.9. The van der Waals surface area contributed by atoms with E-state index in [1.807, 2.05) is 35.2 Å². The van der Waals surface area contributed by atoms with Crippen LogP contribution in [0.15, 0.2) is 66.3 Å². The molecular formula is C30H38N2O3. The number of carboxylic acids is 1. The Morgan fingerprint density at radius 1 is 1.11 bits per heavy atom. The van der Waals surface area contributed by atoms with E-state index in [4.69, 9.17) is 5.11 Å². The van der Waals surface area contributed by atoms with Crippen LogP contribution in [0.2, 0.25) is 0 Å². The lowest BCUT2D eigenvalue weighted by Crippen LogP contribution is -2.39. The highest BCUT2D eigenvalue weighted by molar-refractivity contribution is 5.71. The fraction of sp³-hybridized carbons (Fsp3) is 0.433. The Hall–Kier alpha value is -3.05. The summed E-state index contributed by atoms with van der Waals surface area (Å²) >= 11 is 0. The van der Waals surface area contributed by atoms with Crippen molar-refractivity contribution in [2.24, 2.45) is 11.8 Å². The van der Waals surface area contributed by atoms with Crippen molar-refractivity contribution in [1.82, 2.24) is 0 Å². The molecule has 1 aliphatic heterocycles. The number of nitrogens with zero attached hydrogens (tertiary/aromatic N) is 1. The van der Waals surface area contributed by atoms with Crippen LogP contribution in [0.5, 0.6) is 0 Å². The van der Waals surface area contributed by atoms with Gasteiger partial charge in [-0.1, -0.05) is 48.9 Å². The molecule has 2 aromatic rings. The molecule has 1 heterocycles. The third-order valence-corrected chi connectivity index (χ3v) is 7.62. The maximum absolute atomic E-state index is 11.0. The van der Waals surface area contributed by atoms with Crippen LogP contribution in [0, 0.1) is 11.8 Å². The lowest BCUT2D eigenvalue weighted by molar-refractivity contribution is -0.138. The first-order valence-corrected chi connectivity index (χ1v) is 12.9. The van der Waals surface area contributed by atoms with Crippen molar-refractivity contribution in [3.05, 3.63) is 77.4 Å². The average molecular weight is 475 g/mol. The topological polar surface area (TPSA) is 72.8 Å². The molecule has 35 heavy (non-hydrogen) atoms. The van der Waals surface area contributed by atoms with E-state index in [1.54, 1.807) is 0 Å². The molecule has 4 rings (SSSR count). The normalized spacial score (nSPS) is 21.5. The van der Waals surface area contributed by atoms with Gasteiger partial charge in [-0.05, 0) is 98.2 Å². The third-order valence-electron chi connectivity index (χ3n) is 7.62. The van der Waals surface area contributed by atoms with Crippen molar-refractivity contribution in [2.75, 3.05) is 16.8 Å². The number of fused-ring (bicyclic) bond motifs is 1. The number of hydrogen-bond donors (Lipinski definition) is 3. The quantitative estimate of drug-likeness (QED) is 0.287. The lowest BCUT2D eigenvalue weighted by Gasteiger charge is -2.29. The van der Waals surface area contributed by atoms with Gasteiger partial charge in [0.05, 0.1) is 0 Å². The fourth-order valence-electron chi connectivity index (χ4n) is 5.54. The van der Waals surface area contributed by atoms with Crippen LogP contribution in [0.1, 0.15) is 63.5 Å². The van der Waals surface area contributed by atoms with Gasteiger partial charge in [0.25, 0.3) is 0 Å². The number of allylic oxidation sites excluding steroid dienone is 4. The molecule has 1 fully saturated rings. The van der Waals surface area contributed by atoms with E-state index in [1.165, 1.54) is 22.3 Å². The Bertz CT molecular complexity index is 1070. The van der Waals surface area contributed by atoms with Crippen molar-refractivity contribution in [1.29, 1.82) is 0 Å². The Kier molecular flexibility index (Phi) is 8.29. The van der Waals surface area contributed by atoms with E-state index >= 15 is 0 Å². The van der Waals surface area contributed by atoms with Crippen LogP contribution >= 0.6 is 0 Å². The van der Waals surface area contributed by atoms with Crippen LogP contribution in [0.25, 0.3) is 5.57 Å². The second kappa shape index (κ2) is 11.6. The van der Waals surface area contributed by atoms with E-state index in [0.717, 1.165) is 56.4 Å². The SMILES string of the molecule is CCC(=CC=C(C)c1ccc2c(c1)CCN2C(O)Nc1ccccc1)C1CCC(CC(=O)O)CC1. The molecule has 186 valence electrons. The summed E-state index contributed by atoms with van der Waals surface area (Å²) in [5.74, 6) is 0.241. The highest BCUT2D eigenvalue weighted by atomic mass is 16.4. The number of benzene rings is 2. The zero-order chi connectivity index (χ0) is 24.8. The van der Waals surface area contributed by atoms with E-state index in [9.17, 15) is 9.90 Å². The maximum atomic E-state index is 11.0. The monoisotopic (exact) mass is 474 g/mol. The largest absolute Gasteiger partial charge is 0.481 e. The van der Waals surface area contributed by atoms with Crippen LogP contribution < -0.4 is 10.2 Å². The first-order chi connectivity index (χ1) is 16.9. The van der Waals surface area contributed by atoms with Crippen molar-refractivity contribution < 1.29 is 15.0 Å². The number of aliphatic hydroxyl groups excluding tert-OH is 1. The smallest absolute Gasteiger partial charge is 0.303 e. The number of nitrogens with one attached hydrogen (secondary N) is 1. The molecule has 5 heteroatoms. The molecule has 1 aliphatic carbocycles. The molecule has 0 spiro atoms. The van der Waals surface area contributed by atoms with Crippen molar-refractivity contribution in [3.8, 4) is 0 Å². The number of carboxylic acid groups (broad SMARTS) is 1. The van der Waals surface area contributed by atoms with Gasteiger partial charge in [0, 0.05) is 24.3 Å². The molecular weight excluding hydrogens is 436 g/mol. The number of aliphatic carboxylic acids is 1. The highest BCUT2D eigenvalue weighted by Gasteiger charge is 2.26. The Morgan fingerprint density at radius 3 is 2.54 bits per heavy atom. The van der Waals surface area contributed by atoms with Crippen LogP contribution in [-0.2, 0) is 11.2 Å². The minimum Gasteiger partial charge on any atom is -0.481 e. The third kappa shape index (κ3) is 6.34. The predicted molar refractivity (Wildman–Crippen MR) is 143 cm³/mol. The molecule has 2 aromatic carbocycles. The van der Waals surface area contributed by atoms with Crippen molar-refractivity contribution in [2.45, 2.75) is 65.1 Å². The second-order valence-corrected chi connectivity index (χ2v) is 9.93. The first-order valence-electron chi connectivity index (χ1n) is 12.9. The molecule has 0 radical (unpaired) electrons. The van der Waals surface area contributed by atoms with E-state index < -0.39 is 12.3 Å². The van der Waals surface area contributed by atoms with Crippen molar-refractivity contribution in [3.63, 3.8) is 0 Å². The predicted octanol–water partition coefficient (Wildman–Crippen LogP) is 6.46. The first kappa shape index (κ1) is 25.1. The van der Waals surface area contributed by atoms with E-state index in [2.05, 4.69) is 49.5 Å². The highest BCUT2D eigenvalue weighted by Crippen LogP contribution is 2.36. The Balaban J connectivity index is 1.41. The molecule has 0 amide bonds. The molecule has 3 N–H and O–H groups in total. The summed E-state index contributed by atoms with van der Waals surface area (Å²) in [7, 11) is 0. The number of rotatable bonds is 9. The minimum atomic E-state index is -0.762. The minimum absolute atomic E-state index is 0.312. The van der Waals surface area contributed by atoms with Crippen LogP contribution in [0.3, 0.4) is 0 Å². The number of carbonyl (C=O) groups is 1. The standard InChI is InChI=1S/C30H38N2O3/c1-3-23(24-13-10-22(11-14-24)19-29(33)34)12-9-21(2)25-15-16-28-26(20-25)17-18-32(28)30(35)31-27-7-5-4-6-8-27/h4-9,12,15-16,20,22,24,30-31,35H,3,10-11,13-14,17-19H2,1-2H3,(H,33,34). The molecule has 0 bridgehead atoms. The number of aliphatic hydroxyl groups is 1. The summed E-state index contributed by atoms with van der Waals surface area (Å²) in [6.07, 6.45) is 10.3. The Morgan fingerprint density at radius 2 is 1.86 bits per heavy atom.